The molecule has 0 saturated carbocycles. The van der Waals surface area contributed by atoms with Crippen LogP contribution < -0.4 is 10.6 Å². The van der Waals surface area contributed by atoms with E-state index in [-0.39, 0.29) is 42.6 Å². The first-order chi connectivity index (χ1) is 12.0. The van der Waals surface area contributed by atoms with Gasteiger partial charge in [0.2, 0.25) is 5.91 Å². The van der Waals surface area contributed by atoms with Gasteiger partial charge >= 0.3 is 0 Å². The summed E-state index contributed by atoms with van der Waals surface area (Å²) in [5.41, 5.74) is 1.42. The number of carbonyl (C=O) groups excluding carboxylic acids is 2. The van der Waals surface area contributed by atoms with Gasteiger partial charge in [-0.25, -0.2) is 4.39 Å². The second-order valence-electron chi connectivity index (χ2n) is 6.21. The van der Waals surface area contributed by atoms with Crippen LogP contribution in [0.3, 0.4) is 0 Å². The van der Waals surface area contributed by atoms with Crippen LogP contribution in [0.15, 0.2) is 54.6 Å². The minimum Gasteiger partial charge on any atom is -0.352 e. The lowest BCUT2D eigenvalue weighted by Crippen LogP contribution is -2.34. The summed E-state index contributed by atoms with van der Waals surface area (Å²) in [4.78, 5) is 24.1. The van der Waals surface area contributed by atoms with Crippen molar-refractivity contribution in [1.29, 1.82) is 0 Å². The molecule has 5 heteroatoms. The zero-order valence-electron chi connectivity index (χ0n) is 14.5. The molecular formula is C20H23FN2O2. The Bertz CT molecular complexity index is 699. The molecule has 4 nitrogen and oxygen atoms in total. The van der Waals surface area contributed by atoms with Crippen molar-refractivity contribution in [3.05, 3.63) is 71.5 Å². The zero-order valence-corrected chi connectivity index (χ0v) is 14.5. The third-order valence-corrected chi connectivity index (χ3v) is 3.89. The highest BCUT2D eigenvalue weighted by Crippen LogP contribution is 2.21. The molecule has 0 aliphatic heterocycles. The fraction of sp³-hybridized carbons (Fsp3) is 0.300. The Morgan fingerprint density at radius 1 is 1.00 bits per heavy atom. The number of rotatable bonds is 7. The lowest BCUT2D eigenvalue weighted by molar-refractivity contribution is -0.122. The minimum atomic E-state index is -0.304. The molecule has 0 radical (unpaired) electrons. The Kier molecular flexibility index (Phi) is 6.69. The lowest BCUT2D eigenvalue weighted by atomic mass is 9.96. The van der Waals surface area contributed by atoms with Crippen LogP contribution in [0, 0.1) is 11.7 Å². The van der Waals surface area contributed by atoms with Gasteiger partial charge in [-0.15, -0.1) is 0 Å². The average Bonchev–Trinajstić information content (AvgIpc) is 2.61. The molecule has 2 aromatic carbocycles. The highest BCUT2D eigenvalue weighted by molar-refractivity contribution is 5.94. The molecular weight excluding hydrogens is 319 g/mol. The normalized spacial score (nSPS) is 11.8. The Hall–Kier alpha value is -2.69. The van der Waals surface area contributed by atoms with E-state index in [2.05, 4.69) is 10.6 Å². The Morgan fingerprint density at radius 2 is 1.64 bits per heavy atom. The van der Waals surface area contributed by atoms with Crippen molar-refractivity contribution in [2.45, 2.75) is 26.3 Å². The third-order valence-electron chi connectivity index (χ3n) is 3.89. The molecule has 2 amide bonds. The number of hydrogen-bond donors (Lipinski definition) is 2. The van der Waals surface area contributed by atoms with E-state index in [1.54, 1.807) is 36.4 Å². The maximum atomic E-state index is 13.1. The number of amides is 2. The molecule has 0 unspecified atom stereocenters. The monoisotopic (exact) mass is 342 g/mol. The molecule has 25 heavy (non-hydrogen) atoms. The van der Waals surface area contributed by atoms with Gasteiger partial charge in [0.15, 0.2) is 0 Å². The fourth-order valence-corrected chi connectivity index (χ4v) is 2.53. The molecule has 0 aliphatic rings. The van der Waals surface area contributed by atoms with Crippen molar-refractivity contribution in [1.82, 2.24) is 10.6 Å². The van der Waals surface area contributed by atoms with Gasteiger partial charge in [-0.05, 0) is 35.7 Å². The van der Waals surface area contributed by atoms with E-state index in [0.717, 1.165) is 5.56 Å². The van der Waals surface area contributed by atoms with Gasteiger partial charge in [-0.1, -0.05) is 44.2 Å². The summed E-state index contributed by atoms with van der Waals surface area (Å²) >= 11 is 0. The van der Waals surface area contributed by atoms with Crippen molar-refractivity contribution in [3.63, 3.8) is 0 Å². The van der Waals surface area contributed by atoms with Crippen LogP contribution >= 0.6 is 0 Å². The molecule has 0 fully saturated rings. The second kappa shape index (κ2) is 8.97. The van der Waals surface area contributed by atoms with Crippen LogP contribution in [0.2, 0.25) is 0 Å². The summed E-state index contributed by atoms with van der Waals surface area (Å²) in [6.07, 6.45) is 0.184. The number of benzene rings is 2. The molecule has 1 atom stereocenters. The van der Waals surface area contributed by atoms with Crippen molar-refractivity contribution < 1.29 is 14.0 Å². The number of nitrogens with one attached hydrogen (secondary N) is 2. The highest BCUT2D eigenvalue weighted by Gasteiger charge is 2.18. The van der Waals surface area contributed by atoms with Gasteiger partial charge in [0.1, 0.15) is 5.82 Å². The summed E-state index contributed by atoms with van der Waals surface area (Å²) in [7, 11) is 0. The quantitative estimate of drug-likeness (QED) is 0.809. The van der Waals surface area contributed by atoms with E-state index in [1.165, 1.54) is 12.1 Å². The summed E-state index contributed by atoms with van der Waals surface area (Å²) < 4.78 is 13.1. The summed E-state index contributed by atoms with van der Waals surface area (Å²) in [6, 6.07) is 14.8. The summed E-state index contributed by atoms with van der Waals surface area (Å²) in [6.45, 7) is 4.24. The summed E-state index contributed by atoms with van der Waals surface area (Å²) in [5.74, 6) is -0.502. The fourth-order valence-electron chi connectivity index (χ4n) is 2.53. The van der Waals surface area contributed by atoms with Gasteiger partial charge < -0.3 is 10.6 Å². The van der Waals surface area contributed by atoms with Gasteiger partial charge in [0, 0.05) is 18.5 Å². The van der Waals surface area contributed by atoms with Crippen LogP contribution in [0.5, 0.6) is 0 Å². The predicted octanol–water partition coefficient (Wildman–Crippen LogP) is 3.46. The van der Waals surface area contributed by atoms with Crippen molar-refractivity contribution in [3.8, 4) is 0 Å². The maximum absolute atomic E-state index is 13.1. The molecule has 0 heterocycles. The average molecular weight is 342 g/mol. The van der Waals surface area contributed by atoms with Gasteiger partial charge in [0.25, 0.3) is 5.91 Å². The first kappa shape index (κ1) is 18.6. The topological polar surface area (TPSA) is 58.2 Å². The second-order valence-corrected chi connectivity index (χ2v) is 6.21. The molecule has 132 valence electrons. The molecule has 2 aromatic rings. The van der Waals surface area contributed by atoms with Gasteiger partial charge in [0.05, 0.1) is 6.04 Å². The van der Waals surface area contributed by atoms with E-state index in [4.69, 9.17) is 0 Å². The van der Waals surface area contributed by atoms with E-state index in [9.17, 15) is 14.0 Å². The first-order valence-electron chi connectivity index (χ1n) is 8.35. The van der Waals surface area contributed by atoms with Crippen LogP contribution in [0.25, 0.3) is 0 Å². The summed E-state index contributed by atoms with van der Waals surface area (Å²) in [5, 5.41) is 5.68. The molecule has 0 aliphatic carbocycles. The van der Waals surface area contributed by atoms with Crippen LogP contribution in [0.1, 0.15) is 42.2 Å². The lowest BCUT2D eigenvalue weighted by Gasteiger charge is -2.23. The molecule has 2 rings (SSSR count). The smallest absolute Gasteiger partial charge is 0.251 e. The SMILES string of the molecule is CC(C)[C@H](NC(=O)CCNC(=O)c1ccccc1)c1ccc(F)cc1. The number of halogens is 1. The number of hydrogen-bond acceptors (Lipinski definition) is 2. The number of carbonyl (C=O) groups is 2. The van der Waals surface area contributed by atoms with Gasteiger partial charge in [-0.2, -0.15) is 0 Å². The molecule has 0 aromatic heterocycles. The predicted molar refractivity (Wildman–Crippen MR) is 95.5 cm³/mol. The zero-order chi connectivity index (χ0) is 18.2. The Balaban J connectivity index is 1.85. The highest BCUT2D eigenvalue weighted by atomic mass is 19.1. The van der Waals surface area contributed by atoms with Crippen LogP contribution in [0.4, 0.5) is 4.39 Å². The standard InChI is InChI=1S/C20H23FN2O2/c1-14(2)19(15-8-10-17(21)11-9-15)23-18(24)12-13-22-20(25)16-6-4-3-5-7-16/h3-11,14,19H,12-13H2,1-2H3,(H,22,25)(H,23,24)/t19-/m0/s1. The Labute approximate surface area is 147 Å². The van der Waals surface area contributed by atoms with E-state index >= 15 is 0 Å². The molecule has 0 saturated heterocycles. The Morgan fingerprint density at radius 3 is 2.24 bits per heavy atom. The molecule has 0 bridgehead atoms. The van der Waals surface area contributed by atoms with Crippen molar-refractivity contribution in [2.75, 3.05) is 6.54 Å². The van der Waals surface area contributed by atoms with Crippen molar-refractivity contribution in [2.24, 2.45) is 5.92 Å². The maximum Gasteiger partial charge on any atom is 0.251 e. The minimum absolute atomic E-state index is 0.156. The molecule has 2 N–H and O–H groups in total. The largest absolute Gasteiger partial charge is 0.352 e. The van der Waals surface area contributed by atoms with Crippen LogP contribution in [-0.2, 0) is 4.79 Å². The molecule has 0 spiro atoms. The van der Waals surface area contributed by atoms with Crippen LogP contribution in [-0.4, -0.2) is 18.4 Å². The van der Waals surface area contributed by atoms with Crippen molar-refractivity contribution >= 4 is 11.8 Å². The van der Waals surface area contributed by atoms with E-state index < -0.39 is 0 Å². The third kappa shape index (κ3) is 5.71. The van der Waals surface area contributed by atoms with Gasteiger partial charge in [-0.3, -0.25) is 9.59 Å². The first-order valence-corrected chi connectivity index (χ1v) is 8.35. The van der Waals surface area contributed by atoms with E-state index in [0.29, 0.717) is 5.56 Å². The van der Waals surface area contributed by atoms with E-state index in [1.807, 2.05) is 19.9 Å².